The summed E-state index contributed by atoms with van der Waals surface area (Å²) in [5, 5.41) is 12.3. The highest BCUT2D eigenvalue weighted by atomic mass is 16.6. The molecule has 0 bridgehead atoms. The van der Waals surface area contributed by atoms with Crippen LogP contribution in [-0.2, 0) is 23.8 Å². The van der Waals surface area contributed by atoms with E-state index in [1.807, 2.05) is 13.8 Å². The molecule has 12 nitrogen and oxygen atoms in total. The highest BCUT2D eigenvalue weighted by Gasteiger charge is 2.71. The van der Waals surface area contributed by atoms with Crippen LogP contribution in [0.25, 0.3) is 11.3 Å². The molecule has 6 rings (SSSR count). The summed E-state index contributed by atoms with van der Waals surface area (Å²) in [7, 11) is 1.50. The minimum absolute atomic E-state index is 0.0429. The minimum atomic E-state index is -1.40. The number of benzene rings is 1. The van der Waals surface area contributed by atoms with Gasteiger partial charge >= 0.3 is 23.5 Å². The number of carbonyl (C=O) groups is 3. The largest absolute Gasteiger partial charge is 0.497 e. The Bertz CT molecular complexity index is 1820. The molecule has 3 aliphatic rings. The Morgan fingerprint density at radius 1 is 1.02 bits per heavy atom. The molecule has 2 aliphatic carbocycles. The summed E-state index contributed by atoms with van der Waals surface area (Å²) in [6, 6.07) is 11.5. The van der Waals surface area contributed by atoms with Crippen molar-refractivity contribution in [1.82, 2.24) is 4.98 Å². The molecule has 260 valence electrons. The van der Waals surface area contributed by atoms with Crippen molar-refractivity contribution < 1.29 is 47.6 Å². The van der Waals surface area contributed by atoms with Crippen molar-refractivity contribution in [3.8, 4) is 22.8 Å². The molecule has 3 aromatic rings. The number of rotatable bonds is 7. The van der Waals surface area contributed by atoms with Crippen molar-refractivity contribution in [2.75, 3.05) is 13.7 Å². The third-order valence-corrected chi connectivity index (χ3v) is 11.0. The Morgan fingerprint density at radius 2 is 1.80 bits per heavy atom. The van der Waals surface area contributed by atoms with Gasteiger partial charge in [0.1, 0.15) is 47.2 Å². The quantitative estimate of drug-likeness (QED) is 0.262. The lowest BCUT2D eigenvalue weighted by Crippen LogP contribution is -2.71. The van der Waals surface area contributed by atoms with Gasteiger partial charge in [-0.15, -0.1) is 0 Å². The van der Waals surface area contributed by atoms with Gasteiger partial charge in [-0.25, -0.2) is 9.59 Å². The number of nitrogens with zero attached hydrogens (tertiary/aromatic N) is 1. The molecule has 0 spiro atoms. The van der Waals surface area contributed by atoms with Crippen LogP contribution < -0.4 is 15.1 Å². The molecule has 12 heteroatoms. The van der Waals surface area contributed by atoms with Crippen molar-refractivity contribution in [2.45, 2.75) is 77.8 Å². The van der Waals surface area contributed by atoms with E-state index in [4.69, 9.17) is 28.1 Å². The molecule has 2 aromatic heterocycles. The molecule has 0 saturated heterocycles. The van der Waals surface area contributed by atoms with Crippen LogP contribution in [0.3, 0.4) is 0 Å². The number of aliphatic hydroxyl groups excluding tert-OH is 1. The van der Waals surface area contributed by atoms with Gasteiger partial charge in [-0.05, 0) is 67.9 Å². The smallest absolute Gasteiger partial charge is 0.345 e. The topological polar surface area (TPSA) is 161 Å². The lowest BCUT2D eigenvalue weighted by atomic mass is 9.42. The highest BCUT2D eigenvalue weighted by molar-refractivity contribution is 5.90. The van der Waals surface area contributed by atoms with Crippen molar-refractivity contribution in [3.05, 3.63) is 76.4 Å². The SMILES string of the molecule is COc1cccc(C(=O)O[C@H]2C[C@H]3[C@](C)(COC(C)=O)[C@@H](OC(C)=O)CC[C@]3(C)[C@H]3[C@@H](O)c4c(cc(-c5cccnc5)oc4=O)O[C@]23C)c1. The van der Waals surface area contributed by atoms with E-state index in [0.717, 1.165) is 0 Å². The number of hydrogen-bond donors (Lipinski definition) is 1. The first-order valence-electron chi connectivity index (χ1n) is 16.3. The summed E-state index contributed by atoms with van der Waals surface area (Å²) < 4.78 is 35.6. The summed E-state index contributed by atoms with van der Waals surface area (Å²) in [4.78, 5) is 56.1. The van der Waals surface area contributed by atoms with Gasteiger partial charge in [0.25, 0.3) is 0 Å². The van der Waals surface area contributed by atoms with Gasteiger partial charge in [0.2, 0.25) is 0 Å². The lowest BCUT2D eigenvalue weighted by molar-refractivity contribution is -0.266. The van der Waals surface area contributed by atoms with Gasteiger partial charge in [0, 0.05) is 49.2 Å². The van der Waals surface area contributed by atoms with Gasteiger partial charge in [0.15, 0.2) is 0 Å². The Kier molecular flexibility index (Phi) is 8.81. The number of aliphatic hydroxyl groups is 1. The average molecular weight is 676 g/mol. The van der Waals surface area contributed by atoms with Crippen LogP contribution in [0.2, 0.25) is 0 Å². The maximum Gasteiger partial charge on any atom is 0.345 e. The first-order chi connectivity index (χ1) is 23.2. The van der Waals surface area contributed by atoms with E-state index in [-0.39, 0.29) is 35.7 Å². The standard InChI is InChI=1S/C37H41NO11/c1-20(39)45-19-36(4)27-17-29(48-33(42)22-9-7-11-24(15-22)44-6)37(5)32(35(27,3)13-12-28(36)46-21(2)40)31(41)30-26(49-37)16-25(47-34(30)43)23-10-8-14-38-18-23/h7-11,14-16,18,27-29,31-32,41H,12-13,17,19H2,1-6H3/t27-,28+,29+,31+,32-,35+,36+,37-/m1/s1. The van der Waals surface area contributed by atoms with Crippen LogP contribution in [0.15, 0.2) is 64.1 Å². The molecule has 1 aromatic carbocycles. The van der Waals surface area contributed by atoms with E-state index < -0.39 is 70.1 Å². The maximum absolute atomic E-state index is 13.8. The third-order valence-electron chi connectivity index (χ3n) is 11.0. The number of carbonyl (C=O) groups excluding carboxylic acids is 3. The molecule has 2 fully saturated rings. The van der Waals surface area contributed by atoms with Gasteiger partial charge < -0.3 is 33.2 Å². The van der Waals surface area contributed by atoms with Crippen molar-refractivity contribution in [2.24, 2.45) is 22.7 Å². The lowest BCUT2D eigenvalue weighted by Gasteiger charge is -2.66. The molecule has 8 atom stereocenters. The summed E-state index contributed by atoms with van der Waals surface area (Å²) in [6.07, 6.45) is 1.15. The molecule has 0 amide bonds. The van der Waals surface area contributed by atoms with Crippen LogP contribution >= 0.6 is 0 Å². The van der Waals surface area contributed by atoms with Crippen LogP contribution in [0, 0.1) is 22.7 Å². The number of ether oxygens (including phenoxy) is 5. The van der Waals surface area contributed by atoms with E-state index in [2.05, 4.69) is 4.98 Å². The van der Waals surface area contributed by atoms with Crippen molar-refractivity contribution >= 4 is 17.9 Å². The molecule has 3 heterocycles. The number of esters is 3. The van der Waals surface area contributed by atoms with Crippen molar-refractivity contribution in [1.29, 1.82) is 0 Å². The van der Waals surface area contributed by atoms with Gasteiger partial charge in [-0.1, -0.05) is 19.9 Å². The van der Waals surface area contributed by atoms with Crippen molar-refractivity contribution in [3.63, 3.8) is 0 Å². The second-order valence-electron chi connectivity index (χ2n) is 14.0. The second kappa shape index (κ2) is 12.6. The zero-order chi connectivity index (χ0) is 35.3. The fourth-order valence-electron chi connectivity index (χ4n) is 8.78. The van der Waals surface area contributed by atoms with Crippen LogP contribution in [-0.4, -0.2) is 59.5 Å². The summed E-state index contributed by atoms with van der Waals surface area (Å²) in [6.45, 7) is 8.20. The number of aromatic nitrogens is 1. The van der Waals surface area contributed by atoms with E-state index in [0.29, 0.717) is 24.2 Å². The Morgan fingerprint density at radius 3 is 2.47 bits per heavy atom. The van der Waals surface area contributed by atoms with E-state index in [1.165, 1.54) is 21.0 Å². The fourth-order valence-corrected chi connectivity index (χ4v) is 8.78. The molecular formula is C37H41NO11. The molecule has 0 unspecified atom stereocenters. The predicted octanol–water partition coefficient (Wildman–Crippen LogP) is 5.06. The van der Waals surface area contributed by atoms with E-state index >= 15 is 0 Å². The maximum atomic E-state index is 13.8. The zero-order valence-electron chi connectivity index (χ0n) is 28.4. The zero-order valence-corrected chi connectivity index (χ0v) is 28.4. The number of hydrogen-bond acceptors (Lipinski definition) is 12. The molecule has 0 radical (unpaired) electrons. The number of pyridine rings is 1. The summed E-state index contributed by atoms with van der Waals surface area (Å²) in [5.74, 6) is -2.14. The molecule has 1 N–H and O–H groups in total. The first-order valence-corrected chi connectivity index (χ1v) is 16.3. The molecule has 2 saturated carbocycles. The van der Waals surface area contributed by atoms with Crippen LogP contribution in [0.5, 0.6) is 11.5 Å². The van der Waals surface area contributed by atoms with Gasteiger partial charge in [-0.2, -0.15) is 0 Å². The van der Waals surface area contributed by atoms with Crippen LogP contribution in [0.1, 0.15) is 75.9 Å². The predicted molar refractivity (Wildman–Crippen MR) is 174 cm³/mol. The summed E-state index contributed by atoms with van der Waals surface area (Å²) >= 11 is 0. The van der Waals surface area contributed by atoms with Gasteiger partial charge in [-0.3, -0.25) is 14.6 Å². The highest BCUT2D eigenvalue weighted by Crippen LogP contribution is 2.67. The second-order valence-corrected chi connectivity index (χ2v) is 14.0. The molecular weight excluding hydrogens is 634 g/mol. The average Bonchev–Trinajstić information content (AvgIpc) is 3.06. The Labute approximate surface area is 283 Å². The Balaban J connectivity index is 1.50. The Hall–Kier alpha value is -4.71. The normalized spacial score (nSPS) is 31.5. The number of methoxy groups -OCH3 is 1. The van der Waals surface area contributed by atoms with Crippen LogP contribution in [0.4, 0.5) is 0 Å². The fraction of sp³-hybridized carbons (Fsp3) is 0.486. The van der Waals surface area contributed by atoms with E-state index in [9.17, 15) is 24.3 Å². The minimum Gasteiger partial charge on any atom is -0.497 e. The number of fused-ring (bicyclic) bond motifs is 4. The third kappa shape index (κ3) is 5.85. The first kappa shape index (κ1) is 34.2. The molecule has 49 heavy (non-hydrogen) atoms. The summed E-state index contributed by atoms with van der Waals surface area (Å²) in [5.41, 5.74) is -3.16. The van der Waals surface area contributed by atoms with E-state index in [1.54, 1.807) is 61.8 Å². The molecule has 1 aliphatic heterocycles. The monoisotopic (exact) mass is 675 g/mol. The van der Waals surface area contributed by atoms with Gasteiger partial charge in [0.05, 0.1) is 18.8 Å².